The van der Waals surface area contributed by atoms with Crippen LogP contribution in [-0.4, -0.2) is 36.1 Å². The quantitative estimate of drug-likeness (QED) is 0.793. The Hall–Kier alpha value is -0.340. The van der Waals surface area contributed by atoms with Crippen molar-refractivity contribution in [2.24, 2.45) is 11.8 Å². The van der Waals surface area contributed by atoms with Crippen molar-refractivity contribution in [3.63, 3.8) is 0 Å². The molecule has 21 heavy (non-hydrogen) atoms. The Balaban J connectivity index is 1.39. The summed E-state index contributed by atoms with van der Waals surface area (Å²) in [5.41, 5.74) is 0.506. The third-order valence-corrected chi connectivity index (χ3v) is 6.87. The molecule has 0 spiro atoms. The lowest BCUT2D eigenvalue weighted by atomic mass is 9.70. The number of nitrogens with one attached hydrogen (secondary N) is 1. The summed E-state index contributed by atoms with van der Waals surface area (Å²) in [5, 5.41) is 4.01. The molecule has 1 heterocycles. The SMILES string of the molecule is C1=CC2C(C1)CC2NCC1(N2CCCCC2)CCCCC1. The van der Waals surface area contributed by atoms with E-state index in [0.29, 0.717) is 5.54 Å². The minimum atomic E-state index is 0.506. The summed E-state index contributed by atoms with van der Waals surface area (Å²) in [4.78, 5) is 2.88. The van der Waals surface area contributed by atoms with Gasteiger partial charge in [0.1, 0.15) is 0 Å². The molecule has 2 nitrogen and oxygen atoms in total. The van der Waals surface area contributed by atoms with Gasteiger partial charge in [0.05, 0.1) is 0 Å². The normalized spacial score (nSPS) is 39.0. The number of nitrogens with zero attached hydrogens (tertiary/aromatic N) is 1. The van der Waals surface area contributed by atoms with E-state index in [1.54, 1.807) is 0 Å². The number of hydrogen-bond acceptors (Lipinski definition) is 2. The first-order valence-corrected chi connectivity index (χ1v) is 9.53. The molecule has 0 amide bonds. The minimum Gasteiger partial charge on any atom is -0.312 e. The lowest BCUT2D eigenvalue weighted by Gasteiger charge is -2.50. The third-order valence-electron chi connectivity index (χ3n) is 6.87. The average Bonchev–Trinajstić information content (AvgIpc) is 2.91. The lowest BCUT2D eigenvalue weighted by molar-refractivity contribution is 0.0231. The van der Waals surface area contributed by atoms with Gasteiger partial charge in [-0.25, -0.2) is 0 Å². The molecule has 4 rings (SSSR count). The number of fused-ring (bicyclic) bond motifs is 1. The molecular formula is C19H32N2. The summed E-state index contributed by atoms with van der Waals surface area (Å²) < 4.78 is 0. The Bertz CT molecular complexity index is 377. The van der Waals surface area contributed by atoms with Gasteiger partial charge in [-0.15, -0.1) is 0 Å². The Morgan fingerprint density at radius 2 is 1.76 bits per heavy atom. The van der Waals surface area contributed by atoms with Crippen LogP contribution >= 0.6 is 0 Å². The van der Waals surface area contributed by atoms with E-state index in [1.165, 1.54) is 83.8 Å². The van der Waals surface area contributed by atoms with Crippen molar-refractivity contribution >= 4 is 0 Å². The zero-order valence-electron chi connectivity index (χ0n) is 13.5. The van der Waals surface area contributed by atoms with Crippen LogP contribution in [0, 0.1) is 11.8 Å². The van der Waals surface area contributed by atoms with Crippen LogP contribution in [0.5, 0.6) is 0 Å². The topological polar surface area (TPSA) is 15.3 Å². The van der Waals surface area contributed by atoms with Crippen LogP contribution in [0.2, 0.25) is 0 Å². The van der Waals surface area contributed by atoms with E-state index in [0.717, 1.165) is 17.9 Å². The summed E-state index contributed by atoms with van der Waals surface area (Å²) in [6.07, 6.45) is 19.2. The highest BCUT2D eigenvalue weighted by Gasteiger charge is 2.43. The average molecular weight is 288 g/mol. The van der Waals surface area contributed by atoms with E-state index in [9.17, 15) is 0 Å². The van der Waals surface area contributed by atoms with Crippen molar-refractivity contribution < 1.29 is 0 Å². The number of piperidine rings is 1. The van der Waals surface area contributed by atoms with E-state index in [2.05, 4.69) is 22.4 Å². The third kappa shape index (κ3) is 2.70. The van der Waals surface area contributed by atoms with Crippen LogP contribution < -0.4 is 5.32 Å². The van der Waals surface area contributed by atoms with E-state index in [1.807, 2.05) is 0 Å². The van der Waals surface area contributed by atoms with Gasteiger partial charge in [-0.2, -0.15) is 0 Å². The highest BCUT2D eigenvalue weighted by Crippen LogP contribution is 2.43. The fourth-order valence-electron chi connectivity index (χ4n) is 5.45. The molecule has 2 saturated carbocycles. The van der Waals surface area contributed by atoms with Crippen LogP contribution in [0.3, 0.4) is 0 Å². The largest absolute Gasteiger partial charge is 0.312 e. The van der Waals surface area contributed by atoms with Crippen molar-refractivity contribution in [3.8, 4) is 0 Å². The predicted molar refractivity (Wildman–Crippen MR) is 88.4 cm³/mol. The summed E-state index contributed by atoms with van der Waals surface area (Å²) in [6.45, 7) is 3.98. The number of hydrogen-bond donors (Lipinski definition) is 1. The first-order chi connectivity index (χ1) is 10.4. The van der Waals surface area contributed by atoms with E-state index in [4.69, 9.17) is 0 Å². The Kier molecular flexibility index (Phi) is 4.10. The van der Waals surface area contributed by atoms with Gasteiger partial charge in [-0.1, -0.05) is 37.8 Å². The van der Waals surface area contributed by atoms with Crippen molar-refractivity contribution in [1.29, 1.82) is 0 Å². The van der Waals surface area contributed by atoms with Gasteiger partial charge in [0.25, 0.3) is 0 Å². The number of likely N-dealkylation sites (tertiary alicyclic amines) is 1. The fraction of sp³-hybridized carbons (Fsp3) is 0.895. The van der Waals surface area contributed by atoms with Crippen LogP contribution in [0.15, 0.2) is 12.2 Å². The molecule has 0 aromatic carbocycles. The number of allylic oxidation sites excluding steroid dienone is 1. The van der Waals surface area contributed by atoms with Crippen LogP contribution in [0.4, 0.5) is 0 Å². The van der Waals surface area contributed by atoms with Gasteiger partial charge in [0, 0.05) is 18.1 Å². The zero-order chi connectivity index (χ0) is 14.1. The molecule has 1 aliphatic heterocycles. The van der Waals surface area contributed by atoms with Gasteiger partial charge in [-0.3, -0.25) is 4.90 Å². The van der Waals surface area contributed by atoms with Gasteiger partial charge < -0.3 is 5.32 Å². The van der Waals surface area contributed by atoms with Crippen LogP contribution in [-0.2, 0) is 0 Å². The maximum absolute atomic E-state index is 4.01. The Labute approximate surface area is 130 Å². The first kappa shape index (κ1) is 14.3. The molecule has 3 unspecified atom stereocenters. The molecule has 3 fully saturated rings. The van der Waals surface area contributed by atoms with Gasteiger partial charge in [0.2, 0.25) is 0 Å². The van der Waals surface area contributed by atoms with Gasteiger partial charge in [-0.05, 0) is 63.5 Å². The standard InChI is InChI=1S/C19H32N2/c1-3-10-19(11-4-1,21-12-5-2-6-13-21)15-20-18-14-16-8-7-9-17(16)18/h7,9,16-18,20H,1-6,8,10-15H2. The van der Waals surface area contributed by atoms with Crippen molar-refractivity contribution in [2.75, 3.05) is 19.6 Å². The second-order valence-electron chi connectivity index (χ2n) is 8.06. The molecule has 1 saturated heterocycles. The van der Waals surface area contributed by atoms with E-state index < -0.39 is 0 Å². The second-order valence-corrected chi connectivity index (χ2v) is 8.06. The summed E-state index contributed by atoms with van der Waals surface area (Å²) >= 11 is 0. The molecule has 0 aromatic rings. The molecule has 4 aliphatic rings. The van der Waals surface area contributed by atoms with Crippen LogP contribution in [0.1, 0.15) is 64.2 Å². The fourth-order valence-corrected chi connectivity index (χ4v) is 5.45. The molecule has 118 valence electrons. The number of rotatable bonds is 4. The Morgan fingerprint density at radius 3 is 2.52 bits per heavy atom. The minimum absolute atomic E-state index is 0.506. The molecule has 1 N–H and O–H groups in total. The summed E-state index contributed by atoms with van der Waals surface area (Å²) in [6, 6.07) is 0.789. The van der Waals surface area contributed by atoms with E-state index in [-0.39, 0.29) is 0 Å². The highest BCUT2D eigenvalue weighted by molar-refractivity contribution is 5.13. The zero-order valence-corrected chi connectivity index (χ0v) is 13.5. The monoisotopic (exact) mass is 288 g/mol. The molecule has 3 atom stereocenters. The van der Waals surface area contributed by atoms with Crippen LogP contribution in [0.25, 0.3) is 0 Å². The summed E-state index contributed by atoms with van der Waals surface area (Å²) in [5.74, 6) is 1.85. The second kappa shape index (κ2) is 6.04. The molecular weight excluding hydrogens is 256 g/mol. The van der Waals surface area contributed by atoms with Crippen molar-refractivity contribution in [3.05, 3.63) is 12.2 Å². The molecule has 0 bridgehead atoms. The highest BCUT2D eigenvalue weighted by atomic mass is 15.2. The van der Waals surface area contributed by atoms with E-state index >= 15 is 0 Å². The van der Waals surface area contributed by atoms with Crippen molar-refractivity contribution in [2.45, 2.75) is 75.8 Å². The van der Waals surface area contributed by atoms with Gasteiger partial charge in [0.15, 0.2) is 0 Å². The predicted octanol–water partition coefficient (Wildman–Crippen LogP) is 3.73. The van der Waals surface area contributed by atoms with Crippen molar-refractivity contribution in [1.82, 2.24) is 10.2 Å². The van der Waals surface area contributed by atoms with Gasteiger partial charge >= 0.3 is 0 Å². The molecule has 2 heteroatoms. The smallest absolute Gasteiger partial charge is 0.0334 e. The molecule has 0 radical (unpaired) electrons. The Morgan fingerprint density at radius 1 is 1.00 bits per heavy atom. The molecule has 3 aliphatic carbocycles. The lowest BCUT2D eigenvalue weighted by Crippen LogP contribution is -2.60. The first-order valence-electron chi connectivity index (χ1n) is 9.53. The molecule has 0 aromatic heterocycles. The maximum Gasteiger partial charge on any atom is 0.0334 e. The summed E-state index contributed by atoms with van der Waals surface area (Å²) in [7, 11) is 0. The maximum atomic E-state index is 4.01.